The topological polar surface area (TPSA) is 135 Å². The number of anilines is 1. The van der Waals surface area contributed by atoms with Gasteiger partial charge in [0, 0.05) is 50.8 Å². The van der Waals surface area contributed by atoms with E-state index in [9.17, 15) is 28.0 Å². The van der Waals surface area contributed by atoms with Crippen LogP contribution < -0.4 is 10.2 Å². The third-order valence-electron chi connectivity index (χ3n) is 9.08. The zero-order valence-electron chi connectivity index (χ0n) is 24.7. The molecular weight excluding hydrogens is 609 g/mol. The maximum absolute atomic E-state index is 15.7. The quantitative estimate of drug-likeness (QED) is 0.386. The van der Waals surface area contributed by atoms with Crippen molar-refractivity contribution in [3.05, 3.63) is 58.8 Å². The molecule has 0 bridgehead atoms. The van der Waals surface area contributed by atoms with Crippen LogP contribution in [0.25, 0.3) is 5.69 Å². The number of nitrogens with zero attached hydrogens (tertiary/aromatic N) is 7. The Hall–Kier alpha value is -4.57. The van der Waals surface area contributed by atoms with Crippen molar-refractivity contribution in [2.75, 3.05) is 44.3 Å². The molecule has 3 aromatic rings. The number of hydrogen-bond acceptors (Lipinski definition) is 9. The number of imide groups is 2. The number of nitrogens with one attached hydrogen (secondary N) is 1. The van der Waals surface area contributed by atoms with Gasteiger partial charge in [-0.3, -0.25) is 39.0 Å². The van der Waals surface area contributed by atoms with Crippen molar-refractivity contribution in [1.29, 1.82) is 0 Å². The Balaban J connectivity index is 1.04. The molecule has 6 heterocycles. The molecule has 7 rings (SSSR count). The molecule has 0 spiro atoms. The number of rotatable bonds is 7. The molecule has 2 aromatic heterocycles. The van der Waals surface area contributed by atoms with Gasteiger partial charge in [-0.1, -0.05) is 6.07 Å². The van der Waals surface area contributed by atoms with E-state index in [0.29, 0.717) is 58.1 Å². The number of carbonyl (C=O) groups excluding carboxylic acids is 4. The first-order valence-electron chi connectivity index (χ1n) is 15.2. The standard InChI is InChI=1S/C30H31F3N8O5/c31-25-17(1-2-19-24(25)30(45)40(29(19)44)20-3-4-22(42)35-28(20)43)15-37-9-6-18(7-10-37)39-16-21(26(36-39)27(32)33)41-23(5-8-34-41)38-11-13-46-14-12-38/h1-2,5,8,16,18,20,27H,3-4,6-7,9-15H2,(H,35,42,43). The number of carbonyl (C=O) groups is 4. The number of aromatic nitrogens is 4. The highest BCUT2D eigenvalue weighted by Gasteiger charge is 2.46. The van der Waals surface area contributed by atoms with E-state index in [1.165, 1.54) is 16.8 Å². The summed E-state index contributed by atoms with van der Waals surface area (Å²) in [6.45, 7) is 3.50. The Morgan fingerprint density at radius 3 is 2.46 bits per heavy atom. The number of ether oxygens (including phenoxy) is 1. The molecule has 4 amide bonds. The summed E-state index contributed by atoms with van der Waals surface area (Å²) in [6.07, 6.45) is 1.45. The number of fused-ring (bicyclic) bond motifs is 1. The SMILES string of the molecule is O=C1CCC(N2C(=O)c3ccc(CN4CCC(n5cc(-n6nccc6N6CCOCC6)c(C(F)F)n5)CC4)c(F)c3C2=O)C(=O)N1. The molecule has 46 heavy (non-hydrogen) atoms. The summed E-state index contributed by atoms with van der Waals surface area (Å²) in [4.78, 5) is 54.8. The minimum Gasteiger partial charge on any atom is -0.378 e. The van der Waals surface area contributed by atoms with Crippen LogP contribution in [0, 0.1) is 5.82 Å². The van der Waals surface area contributed by atoms with Crippen molar-refractivity contribution in [3.63, 3.8) is 0 Å². The molecule has 4 aliphatic heterocycles. The third-order valence-corrected chi connectivity index (χ3v) is 9.08. The lowest BCUT2D eigenvalue weighted by atomic mass is 10.0. The van der Waals surface area contributed by atoms with Crippen LogP contribution in [0.1, 0.15) is 70.1 Å². The lowest BCUT2D eigenvalue weighted by Gasteiger charge is -2.32. The van der Waals surface area contributed by atoms with Crippen LogP contribution in [0.15, 0.2) is 30.6 Å². The fourth-order valence-electron chi connectivity index (χ4n) is 6.68. The highest BCUT2D eigenvalue weighted by Crippen LogP contribution is 2.34. The molecule has 0 aliphatic carbocycles. The second-order valence-electron chi connectivity index (χ2n) is 11.8. The number of hydrogen-bond donors (Lipinski definition) is 1. The smallest absolute Gasteiger partial charge is 0.284 e. The maximum atomic E-state index is 15.7. The van der Waals surface area contributed by atoms with Crippen LogP contribution in [-0.2, 0) is 20.9 Å². The van der Waals surface area contributed by atoms with E-state index in [0.717, 1.165) is 4.90 Å². The van der Waals surface area contributed by atoms with E-state index >= 15 is 4.39 Å². The van der Waals surface area contributed by atoms with Crippen molar-refractivity contribution < 1.29 is 37.1 Å². The fraction of sp³-hybridized carbons (Fsp3) is 0.467. The van der Waals surface area contributed by atoms with Gasteiger partial charge < -0.3 is 9.64 Å². The largest absolute Gasteiger partial charge is 0.378 e. The predicted molar refractivity (Wildman–Crippen MR) is 154 cm³/mol. The van der Waals surface area contributed by atoms with Crippen molar-refractivity contribution >= 4 is 29.4 Å². The summed E-state index contributed by atoms with van der Waals surface area (Å²) in [5, 5.41) is 10.7. The van der Waals surface area contributed by atoms with Crippen molar-refractivity contribution in [2.45, 2.75) is 50.7 Å². The summed E-state index contributed by atoms with van der Waals surface area (Å²) in [7, 11) is 0. The molecule has 3 fully saturated rings. The van der Waals surface area contributed by atoms with Gasteiger partial charge in [0.15, 0.2) is 5.69 Å². The number of likely N-dealkylation sites (tertiary alicyclic amines) is 1. The molecule has 1 aromatic carbocycles. The van der Waals surface area contributed by atoms with E-state index in [1.54, 1.807) is 23.1 Å². The number of alkyl halides is 2. The Kier molecular flexibility index (Phi) is 7.84. The minimum atomic E-state index is -2.80. The fourth-order valence-corrected chi connectivity index (χ4v) is 6.68. The Morgan fingerprint density at radius 2 is 1.74 bits per heavy atom. The monoisotopic (exact) mass is 640 g/mol. The van der Waals surface area contributed by atoms with Gasteiger partial charge in [-0.15, -0.1) is 0 Å². The number of amides is 4. The first-order chi connectivity index (χ1) is 22.2. The second kappa shape index (κ2) is 12.0. The molecule has 242 valence electrons. The number of benzene rings is 1. The zero-order valence-corrected chi connectivity index (χ0v) is 24.7. The average molecular weight is 641 g/mol. The predicted octanol–water partition coefficient (Wildman–Crippen LogP) is 2.22. The Labute approximate surface area is 260 Å². The van der Waals surface area contributed by atoms with Crippen molar-refractivity contribution in [1.82, 2.24) is 34.7 Å². The van der Waals surface area contributed by atoms with Crippen LogP contribution in [-0.4, -0.2) is 98.4 Å². The van der Waals surface area contributed by atoms with Crippen molar-refractivity contribution in [3.8, 4) is 5.69 Å². The summed E-state index contributed by atoms with van der Waals surface area (Å²) in [5.41, 5.74) is -0.408. The van der Waals surface area contributed by atoms with E-state index in [1.807, 2.05) is 9.80 Å². The maximum Gasteiger partial charge on any atom is 0.284 e. The normalized spacial score (nSPS) is 21.4. The lowest BCUT2D eigenvalue weighted by molar-refractivity contribution is -0.136. The molecule has 16 heteroatoms. The molecule has 3 saturated heterocycles. The molecule has 1 unspecified atom stereocenters. The summed E-state index contributed by atoms with van der Waals surface area (Å²) < 4.78 is 52.5. The van der Waals surface area contributed by atoms with Crippen LogP contribution >= 0.6 is 0 Å². The van der Waals surface area contributed by atoms with Crippen LogP contribution in [0.5, 0.6) is 0 Å². The van der Waals surface area contributed by atoms with Gasteiger partial charge in [0.2, 0.25) is 11.8 Å². The Bertz CT molecular complexity index is 1710. The molecular formula is C30H31F3N8O5. The van der Waals surface area contributed by atoms with Gasteiger partial charge in [0.1, 0.15) is 23.4 Å². The van der Waals surface area contributed by atoms with Gasteiger partial charge in [-0.05, 0) is 25.3 Å². The Morgan fingerprint density at radius 1 is 0.978 bits per heavy atom. The van der Waals surface area contributed by atoms with Gasteiger partial charge in [-0.2, -0.15) is 10.2 Å². The van der Waals surface area contributed by atoms with E-state index in [4.69, 9.17) is 4.74 Å². The van der Waals surface area contributed by atoms with E-state index in [2.05, 4.69) is 15.5 Å². The average Bonchev–Trinajstić information content (AvgIpc) is 3.77. The summed E-state index contributed by atoms with van der Waals surface area (Å²) in [5.74, 6) is -3.05. The molecule has 0 saturated carbocycles. The molecule has 4 aliphatic rings. The highest BCUT2D eigenvalue weighted by molar-refractivity contribution is 6.23. The van der Waals surface area contributed by atoms with E-state index in [-0.39, 0.29) is 53.5 Å². The molecule has 1 N–H and O–H groups in total. The first kappa shape index (κ1) is 30.1. The van der Waals surface area contributed by atoms with Gasteiger partial charge >= 0.3 is 0 Å². The first-order valence-corrected chi connectivity index (χ1v) is 15.2. The minimum absolute atomic E-state index is 0.0207. The highest BCUT2D eigenvalue weighted by atomic mass is 19.3. The van der Waals surface area contributed by atoms with Gasteiger partial charge in [0.05, 0.1) is 42.8 Å². The number of halogens is 3. The lowest BCUT2D eigenvalue weighted by Crippen LogP contribution is -2.54. The van der Waals surface area contributed by atoms with Crippen LogP contribution in [0.2, 0.25) is 0 Å². The summed E-state index contributed by atoms with van der Waals surface area (Å²) >= 11 is 0. The van der Waals surface area contributed by atoms with Gasteiger partial charge in [0.25, 0.3) is 18.2 Å². The van der Waals surface area contributed by atoms with Crippen LogP contribution in [0.4, 0.5) is 19.0 Å². The van der Waals surface area contributed by atoms with E-state index < -0.39 is 41.9 Å². The number of morpholine rings is 1. The molecule has 0 radical (unpaired) electrons. The molecule has 1 atom stereocenters. The summed E-state index contributed by atoms with van der Waals surface area (Å²) in [6, 6.07) is 3.29. The molecule has 13 nitrogen and oxygen atoms in total. The van der Waals surface area contributed by atoms with Crippen molar-refractivity contribution in [2.24, 2.45) is 0 Å². The third kappa shape index (κ3) is 5.24. The number of piperidine rings is 2. The van der Waals surface area contributed by atoms with Crippen LogP contribution in [0.3, 0.4) is 0 Å². The van der Waals surface area contributed by atoms with Gasteiger partial charge in [-0.25, -0.2) is 17.9 Å². The zero-order chi connectivity index (χ0) is 32.1. The second-order valence-corrected chi connectivity index (χ2v) is 11.8.